The molecule has 0 saturated heterocycles. The Labute approximate surface area is 114 Å². The molecule has 0 saturated carbocycles. The summed E-state index contributed by atoms with van der Waals surface area (Å²) in [6.45, 7) is 6.87. The molecule has 19 heavy (non-hydrogen) atoms. The molecule has 0 aliphatic rings. The molecular formula is C13H22N2O3S. The quantitative estimate of drug-likeness (QED) is 0.709. The second kappa shape index (κ2) is 5.90. The summed E-state index contributed by atoms with van der Waals surface area (Å²) in [4.78, 5) is 0.201. The van der Waals surface area contributed by atoms with Crippen LogP contribution >= 0.6 is 0 Å². The van der Waals surface area contributed by atoms with E-state index in [2.05, 4.69) is 4.72 Å². The van der Waals surface area contributed by atoms with Gasteiger partial charge in [0.1, 0.15) is 0 Å². The Hall–Kier alpha value is -1.11. The molecule has 0 aromatic heterocycles. The zero-order valence-corrected chi connectivity index (χ0v) is 12.6. The number of hydrogen-bond donors (Lipinski definition) is 3. The average molecular weight is 286 g/mol. The largest absolute Gasteiger partial charge is 0.398 e. The van der Waals surface area contributed by atoms with Gasteiger partial charge in [0.15, 0.2) is 0 Å². The van der Waals surface area contributed by atoms with Gasteiger partial charge in [0, 0.05) is 11.7 Å². The van der Waals surface area contributed by atoms with Crippen LogP contribution in [0.1, 0.15) is 25.0 Å². The highest BCUT2D eigenvalue weighted by Crippen LogP contribution is 2.25. The Morgan fingerprint density at radius 2 is 1.89 bits per heavy atom. The summed E-state index contributed by atoms with van der Waals surface area (Å²) in [6.07, 6.45) is 0. The monoisotopic (exact) mass is 286 g/mol. The van der Waals surface area contributed by atoms with Crippen molar-refractivity contribution in [3.05, 3.63) is 23.3 Å². The molecule has 0 radical (unpaired) electrons. The predicted octanol–water partition coefficient (Wildman–Crippen LogP) is 1.18. The average Bonchev–Trinajstić information content (AvgIpc) is 2.30. The zero-order valence-electron chi connectivity index (χ0n) is 11.8. The van der Waals surface area contributed by atoms with Crippen LogP contribution in [0.15, 0.2) is 17.0 Å². The third-order valence-corrected chi connectivity index (χ3v) is 5.00. The van der Waals surface area contributed by atoms with Crippen molar-refractivity contribution in [3.8, 4) is 0 Å². The first-order valence-electron chi connectivity index (χ1n) is 6.19. The van der Waals surface area contributed by atoms with Gasteiger partial charge in [0.25, 0.3) is 0 Å². The Balaban J connectivity index is 3.25. The lowest BCUT2D eigenvalue weighted by Crippen LogP contribution is -2.41. The van der Waals surface area contributed by atoms with Gasteiger partial charge in [-0.05, 0) is 37.0 Å². The first-order chi connectivity index (χ1) is 8.70. The molecule has 0 fully saturated rings. The minimum atomic E-state index is -3.69. The van der Waals surface area contributed by atoms with Crippen LogP contribution in [-0.2, 0) is 10.0 Å². The van der Waals surface area contributed by atoms with Crippen molar-refractivity contribution in [2.24, 2.45) is 5.92 Å². The predicted molar refractivity (Wildman–Crippen MR) is 76.4 cm³/mol. The molecule has 1 rings (SSSR count). The molecule has 0 spiro atoms. The maximum absolute atomic E-state index is 12.4. The van der Waals surface area contributed by atoms with Crippen molar-refractivity contribution in [1.82, 2.24) is 4.72 Å². The molecule has 1 aromatic rings. The van der Waals surface area contributed by atoms with Crippen molar-refractivity contribution < 1.29 is 13.5 Å². The molecule has 1 aromatic carbocycles. The Morgan fingerprint density at radius 1 is 1.32 bits per heavy atom. The molecule has 0 aliphatic heterocycles. The third-order valence-electron chi connectivity index (χ3n) is 3.22. The number of sulfonamides is 1. The number of anilines is 1. The lowest BCUT2D eigenvalue weighted by molar-refractivity contribution is 0.227. The van der Waals surface area contributed by atoms with Crippen LogP contribution in [0, 0.1) is 19.8 Å². The number of benzene rings is 1. The summed E-state index contributed by atoms with van der Waals surface area (Å²) in [5.74, 6) is 0.00134. The second-order valence-electron chi connectivity index (χ2n) is 5.08. The molecule has 0 heterocycles. The summed E-state index contributed by atoms with van der Waals surface area (Å²) >= 11 is 0. The second-order valence-corrected chi connectivity index (χ2v) is 6.73. The molecule has 0 bridgehead atoms. The SMILES string of the molecule is Cc1ccc(N)c(C)c1S(=O)(=O)NC(CO)C(C)C. The normalized spacial score (nSPS) is 13.8. The van der Waals surface area contributed by atoms with Gasteiger partial charge in [-0.15, -0.1) is 0 Å². The number of hydrogen-bond acceptors (Lipinski definition) is 4. The van der Waals surface area contributed by atoms with E-state index < -0.39 is 16.1 Å². The number of nitrogens with two attached hydrogens (primary N) is 1. The van der Waals surface area contributed by atoms with Gasteiger partial charge in [-0.1, -0.05) is 19.9 Å². The van der Waals surface area contributed by atoms with Crippen LogP contribution < -0.4 is 10.5 Å². The van der Waals surface area contributed by atoms with E-state index in [-0.39, 0.29) is 17.4 Å². The fourth-order valence-electron chi connectivity index (χ4n) is 1.90. The van der Waals surface area contributed by atoms with Gasteiger partial charge < -0.3 is 10.8 Å². The summed E-state index contributed by atoms with van der Waals surface area (Å²) < 4.78 is 27.4. The Bertz CT molecular complexity index is 553. The summed E-state index contributed by atoms with van der Waals surface area (Å²) in [5.41, 5.74) is 7.38. The summed E-state index contributed by atoms with van der Waals surface area (Å²) in [5, 5.41) is 9.25. The van der Waals surface area contributed by atoms with Gasteiger partial charge >= 0.3 is 0 Å². The van der Waals surface area contributed by atoms with Crippen molar-refractivity contribution in [2.45, 2.75) is 38.6 Å². The number of nitrogen functional groups attached to an aromatic ring is 1. The van der Waals surface area contributed by atoms with E-state index in [9.17, 15) is 13.5 Å². The van der Waals surface area contributed by atoms with Gasteiger partial charge in [-0.3, -0.25) is 0 Å². The van der Waals surface area contributed by atoms with E-state index in [1.165, 1.54) is 0 Å². The van der Waals surface area contributed by atoms with Crippen LogP contribution in [0.4, 0.5) is 5.69 Å². The van der Waals surface area contributed by atoms with Crippen LogP contribution in [0.2, 0.25) is 0 Å². The smallest absolute Gasteiger partial charge is 0.241 e. The summed E-state index contributed by atoms with van der Waals surface area (Å²) in [6, 6.07) is 2.86. The zero-order chi connectivity index (χ0) is 14.8. The first kappa shape index (κ1) is 15.9. The minimum Gasteiger partial charge on any atom is -0.398 e. The third kappa shape index (κ3) is 3.46. The van der Waals surface area contributed by atoms with Crippen LogP contribution in [-0.4, -0.2) is 26.2 Å². The number of aryl methyl sites for hydroxylation is 1. The highest BCUT2D eigenvalue weighted by atomic mass is 32.2. The highest BCUT2D eigenvalue weighted by Gasteiger charge is 2.25. The van der Waals surface area contributed by atoms with Crippen LogP contribution in [0.25, 0.3) is 0 Å². The number of aliphatic hydroxyl groups excluding tert-OH is 1. The Kier molecular flexibility index (Phi) is 4.95. The standard InChI is InChI=1S/C13H22N2O3S/c1-8(2)12(7-16)15-19(17,18)13-9(3)5-6-11(14)10(13)4/h5-6,8,12,15-16H,7,14H2,1-4H3. The molecule has 108 valence electrons. The highest BCUT2D eigenvalue weighted by molar-refractivity contribution is 7.89. The van der Waals surface area contributed by atoms with Crippen molar-refractivity contribution >= 4 is 15.7 Å². The van der Waals surface area contributed by atoms with E-state index in [0.717, 1.165) is 0 Å². The molecular weight excluding hydrogens is 264 g/mol. The van der Waals surface area contributed by atoms with Crippen molar-refractivity contribution in [1.29, 1.82) is 0 Å². The molecule has 4 N–H and O–H groups in total. The van der Waals surface area contributed by atoms with E-state index in [0.29, 0.717) is 16.8 Å². The van der Waals surface area contributed by atoms with Crippen LogP contribution in [0.5, 0.6) is 0 Å². The van der Waals surface area contributed by atoms with Gasteiger partial charge in [0.2, 0.25) is 10.0 Å². The number of rotatable bonds is 5. The van der Waals surface area contributed by atoms with Gasteiger partial charge in [-0.2, -0.15) is 0 Å². The fourth-order valence-corrected chi connectivity index (χ4v) is 3.77. The Morgan fingerprint density at radius 3 is 2.37 bits per heavy atom. The maximum Gasteiger partial charge on any atom is 0.241 e. The van der Waals surface area contributed by atoms with Gasteiger partial charge in [0.05, 0.1) is 11.5 Å². The van der Waals surface area contributed by atoms with E-state index in [4.69, 9.17) is 5.73 Å². The van der Waals surface area contributed by atoms with Crippen LogP contribution in [0.3, 0.4) is 0 Å². The van der Waals surface area contributed by atoms with E-state index in [1.54, 1.807) is 26.0 Å². The lowest BCUT2D eigenvalue weighted by Gasteiger charge is -2.21. The molecule has 1 unspecified atom stereocenters. The number of aliphatic hydroxyl groups is 1. The van der Waals surface area contributed by atoms with E-state index in [1.807, 2.05) is 13.8 Å². The van der Waals surface area contributed by atoms with Crippen molar-refractivity contribution in [2.75, 3.05) is 12.3 Å². The first-order valence-corrected chi connectivity index (χ1v) is 7.68. The molecule has 0 aliphatic carbocycles. The molecule has 6 heteroatoms. The lowest BCUT2D eigenvalue weighted by atomic mass is 10.1. The maximum atomic E-state index is 12.4. The van der Waals surface area contributed by atoms with E-state index >= 15 is 0 Å². The number of nitrogens with one attached hydrogen (secondary N) is 1. The molecule has 1 atom stereocenters. The minimum absolute atomic E-state index is 0.00134. The topological polar surface area (TPSA) is 92.4 Å². The van der Waals surface area contributed by atoms with Crippen molar-refractivity contribution in [3.63, 3.8) is 0 Å². The van der Waals surface area contributed by atoms with Gasteiger partial charge in [-0.25, -0.2) is 13.1 Å². The molecule has 0 amide bonds. The molecule has 5 nitrogen and oxygen atoms in total. The fraction of sp³-hybridized carbons (Fsp3) is 0.538. The summed E-state index contributed by atoms with van der Waals surface area (Å²) in [7, 11) is -3.69.